The van der Waals surface area contributed by atoms with Gasteiger partial charge in [-0.1, -0.05) is 23.2 Å². The standard InChI is InChI=1S/C16H13Cl2F3N2O2/c1-24-11-4-3-9(14(7-11)25-2)8-22-23-15-12(17)5-10(6-13(15)18)16(19,20)21/h3-8,23H,1-2H3. The molecule has 0 saturated heterocycles. The van der Waals surface area contributed by atoms with Gasteiger partial charge in [0.2, 0.25) is 0 Å². The summed E-state index contributed by atoms with van der Waals surface area (Å²) in [5.74, 6) is 1.12. The SMILES string of the molecule is COc1ccc(C=NNc2c(Cl)cc(C(F)(F)F)cc2Cl)c(OC)c1. The largest absolute Gasteiger partial charge is 0.497 e. The Bertz CT molecular complexity index is 772. The Labute approximate surface area is 152 Å². The van der Waals surface area contributed by atoms with Crippen LogP contribution in [0.5, 0.6) is 11.5 Å². The van der Waals surface area contributed by atoms with Crippen molar-refractivity contribution in [2.75, 3.05) is 19.6 Å². The van der Waals surface area contributed by atoms with Crippen LogP contribution in [0.1, 0.15) is 11.1 Å². The molecule has 0 aliphatic carbocycles. The van der Waals surface area contributed by atoms with Gasteiger partial charge in [-0.25, -0.2) is 0 Å². The van der Waals surface area contributed by atoms with Crippen LogP contribution in [-0.4, -0.2) is 20.4 Å². The Morgan fingerprint density at radius 1 is 1.04 bits per heavy atom. The quantitative estimate of drug-likeness (QED) is 0.541. The Hall–Kier alpha value is -2.12. The minimum Gasteiger partial charge on any atom is -0.497 e. The van der Waals surface area contributed by atoms with Gasteiger partial charge in [-0.3, -0.25) is 5.43 Å². The molecule has 0 heterocycles. The van der Waals surface area contributed by atoms with E-state index in [4.69, 9.17) is 32.7 Å². The number of halogens is 5. The maximum absolute atomic E-state index is 12.7. The highest BCUT2D eigenvalue weighted by atomic mass is 35.5. The zero-order chi connectivity index (χ0) is 18.6. The molecular weight excluding hydrogens is 380 g/mol. The first-order valence-corrected chi connectivity index (χ1v) is 7.59. The van der Waals surface area contributed by atoms with Gasteiger partial charge in [0.1, 0.15) is 11.5 Å². The van der Waals surface area contributed by atoms with Crippen molar-refractivity contribution in [2.45, 2.75) is 6.18 Å². The monoisotopic (exact) mass is 392 g/mol. The molecule has 134 valence electrons. The van der Waals surface area contributed by atoms with Crippen molar-refractivity contribution in [2.24, 2.45) is 5.10 Å². The van der Waals surface area contributed by atoms with Crippen molar-refractivity contribution in [1.29, 1.82) is 0 Å². The van der Waals surface area contributed by atoms with Gasteiger partial charge in [-0.05, 0) is 24.3 Å². The van der Waals surface area contributed by atoms with Crippen molar-refractivity contribution < 1.29 is 22.6 Å². The topological polar surface area (TPSA) is 42.8 Å². The second-order valence-electron chi connectivity index (χ2n) is 4.79. The number of hydrogen-bond acceptors (Lipinski definition) is 4. The number of methoxy groups -OCH3 is 2. The van der Waals surface area contributed by atoms with Crippen LogP contribution in [0.2, 0.25) is 10.0 Å². The van der Waals surface area contributed by atoms with Crippen LogP contribution < -0.4 is 14.9 Å². The molecule has 0 unspecified atom stereocenters. The van der Waals surface area contributed by atoms with Crippen molar-refractivity contribution >= 4 is 35.1 Å². The van der Waals surface area contributed by atoms with Crippen molar-refractivity contribution in [3.8, 4) is 11.5 Å². The molecule has 25 heavy (non-hydrogen) atoms. The van der Waals surface area contributed by atoms with E-state index in [9.17, 15) is 13.2 Å². The molecule has 4 nitrogen and oxygen atoms in total. The van der Waals surface area contributed by atoms with E-state index in [1.807, 2.05) is 0 Å². The predicted molar refractivity (Wildman–Crippen MR) is 92.2 cm³/mol. The lowest BCUT2D eigenvalue weighted by Crippen LogP contribution is -2.05. The van der Waals surface area contributed by atoms with Gasteiger partial charge in [0, 0.05) is 11.6 Å². The Balaban J connectivity index is 2.23. The summed E-state index contributed by atoms with van der Waals surface area (Å²) in [6, 6.07) is 6.64. The minimum atomic E-state index is -4.54. The van der Waals surface area contributed by atoms with E-state index in [-0.39, 0.29) is 15.7 Å². The Morgan fingerprint density at radius 3 is 2.20 bits per heavy atom. The second kappa shape index (κ2) is 7.84. The summed E-state index contributed by atoms with van der Waals surface area (Å²) in [5.41, 5.74) is 2.29. The highest BCUT2D eigenvalue weighted by Gasteiger charge is 2.32. The van der Waals surface area contributed by atoms with Crippen LogP contribution in [0, 0.1) is 0 Å². The molecule has 9 heteroatoms. The zero-order valence-electron chi connectivity index (χ0n) is 13.1. The summed E-state index contributed by atoms with van der Waals surface area (Å²) in [7, 11) is 3.02. The Kier molecular flexibility index (Phi) is 6.02. The van der Waals surface area contributed by atoms with Crippen LogP contribution in [-0.2, 0) is 6.18 Å². The fourth-order valence-corrected chi connectivity index (χ4v) is 2.51. The smallest absolute Gasteiger partial charge is 0.416 e. The first kappa shape index (κ1) is 19.2. The maximum Gasteiger partial charge on any atom is 0.416 e. The van der Waals surface area contributed by atoms with Gasteiger partial charge < -0.3 is 9.47 Å². The molecule has 0 atom stereocenters. The fourth-order valence-electron chi connectivity index (χ4n) is 1.94. The molecule has 0 bridgehead atoms. The fraction of sp³-hybridized carbons (Fsp3) is 0.188. The van der Waals surface area contributed by atoms with E-state index in [1.54, 1.807) is 18.2 Å². The third kappa shape index (κ3) is 4.70. The molecule has 0 amide bonds. The van der Waals surface area contributed by atoms with Gasteiger partial charge in [-0.2, -0.15) is 18.3 Å². The van der Waals surface area contributed by atoms with Crippen molar-refractivity contribution in [1.82, 2.24) is 0 Å². The molecular formula is C16H13Cl2F3N2O2. The first-order valence-electron chi connectivity index (χ1n) is 6.83. The third-order valence-corrected chi connectivity index (χ3v) is 3.79. The molecule has 2 aromatic rings. The second-order valence-corrected chi connectivity index (χ2v) is 5.60. The van der Waals surface area contributed by atoms with Crippen LogP contribution in [0.15, 0.2) is 35.4 Å². The van der Waals surface area contributed by atoms with Gasteiger partial charge in [0.25, 0.3) is 0 Å². The van der Waals surface area contributed by atoms with Crippen LogP contribution in [0.4, 0.5) is 18.9 Å². The number of ether oxygens (including phenoxy) is 2. The number of anilines is 1. The molecule has 0 spiro atoms. The lowest BCUT2D eigenvalue weighted by molar-refractivity contribution is -0.137. The number of hydrazone groups is 1. The van der Waals surface area contributed by atoms with Gasteiger partial charge in [0.15, 0.2) is 0 Å². The number of nitrogens with zero attached hydrogens (tertiary/aromatic N) is 1. The molecule has 0 aliphatic rings. The van der Waals surface area contributed by atoms with E-state index >= 15 is 0 Å². The molecule has 0 saturated carbocycles. The third-order valence-electron chi connectivity index (χ3n) is 3.19. The first-order chi connectivity index (χ1) is 11.8. The van der Waals surface area contributed by atoms with Gasteiger partial charge >= 0.3 is 6.18 Å². The number of rotatable bonds is 5. The lowest BCUT2D eigenvalue weighted by atomic mass is 10.2. The number of nitrogens with one attached hydrogen (secondary N) is 1. The molecule has 1 N–H and O–H groups in total. The maximum atomic E-state index is 12.7. The normalized spacial score (nSPS) is 11.6. The van der Waals surface area contributed by atoms with Crippen molar-refractivity contribution in [3.05, 3.63) is 51.5 Å². The molecule has 0 fully saturated rings. The van der Waals surface area contributed by atoms with Crippen molar-refractivity contribution in [3.63, 3.8) is 0 Å². The molecule has 2 rings (SSSR count). The molecule has 0 aromatic heterocycles. The van der Waals surface area contributed by atoms with Gasteiger partial charge in [0.05, 0.1) is 41.7 Å². The molecule has 0 aliphatic heterocycles. The van der Waals surface area contributed by atoms with E-state index in [1.165, 1.54) is 20.4 Å². The average molecular weight is 393 g/mol. The highest BCUT2D eigenvalue weighted by Crippen LogP contribution is 2.38. The molecule has 2 aromatic carbocycles. The number of alkyl halides is 3. The van der Waals surface area contributed by atoms with Crippen LogP contribution >= 0.6 is 23.2 Å². The minimum absolute atomic E-state index is 0.0695. The van der Waals surface area contributed by atoms with E-state index < -0.39 is 11.7 Å². The lowest BCUT2D eigenvalue weighted by Gasteiger charge is -2.12. The summed E-state index contributed by atoms with van der Waals surface area (Å²) in [6.45, 7) is 0. The van der Waals surface area contributed by atoms with Crippen LogP contribution in [0.25, 0.3) is 0 Å². The Morgan fingerprint density at radius 2 is 1.68 bits per heavy atom. The number of hydrogen-bond donors (Lipinski definition) is 1. The summed E-state index contributed by atoms with van der Waals surface area (Å²) < 4.78 is 48.4. The van der Waals surface area contributed by atoms with E-state index in [0.717, 1.165) is 12.1 Å². The van der Waals surface area contributed by atoms with Crippen LogP contribution in [0.3, 0.4) is 0 Å². The zero-order valence-corrected chi connectivity index (χ0v) is 14.6. The summed E-state index contributed by atoms with van der Waals surface area (Å²) in [6.07, 6.45) is -3.12. The number of benzene rings is 2. The van der Waals surface area contributed by atoms with E-state index in [0.29, 0.717) is 17.1 Å². The average Bonchev–Trinajstić information content (AvgIpc) is 2.56. The van der Waals surface area contributed by atoms with E-state index in [2.05, 4.69) is 10.5 Å². The van der Waals surface area contributed by atoms with Gasteiger partial charge in [-0.15, -0.1) is 0 Å². The summed E-state index contributed by atoms with van der Waals surface area (Å²) >= 11 is 11.7. The predicted octanol–water partition coefficient (Wildman–Crippen LogP) is 5.48. The molecule has 0 radical (unpaired) electrons. The summed E-state index contributed by atoms with van der Waals surface area (Å²) in [4.78, 5) is 0. The summed E-state index contributed by atoms with van der Waals surface area (Å²) in [5, 5.41) is 3.55. The highest BCUT2D eigenvalue weighted by molar-refractivity contribution is 6.39.